The SMILES string of the molecule is CCc1cccc(Sc2ccc(C)cc2)c1. The number of rotatable bonds is 3. The lowest BCUT2D eigenvalue weighted by molar-refractivity contribution is 1.12. The maximum atomic E-state index is 2.27. The molecule has 0 aliphatic rings. The standard InChI is InChI=1S/C15H16S/c1-3-13-5-4-6-15(11-13)16-14-9-7-12(2)8-10-14/h4-11H,3H2,1-2H3. The lowest BCUT2D eigenvalue weighted by atomic mass is 10.2. The van der Waals surface area contributed by atoms with Gasteiger partial charge in [-0.15, -0.1) is 0 Å². The van der Waals surface area contributed by atoms with Gasteiger partial charge in [-0.2, -0.15) is 0 Å². The van der Waals surface area contributed by atoms with E-state index in [2.05, 4.69) is 62.4 Å². The largest absolute Gasteiger partial charge is 0.0901 e. The van der Waals surface area contributed by atoms with Gasteiger partial charge >= 0.3 is 0 Å². The lowest BCUT2D eigenvalue weighted by Gasteiger charge is -2.04. The van der Waals surface area contributed by atoms with E-state index in [0.717, 1.165) is 6.42 Å². The van der Waals surface area contributed by atoms with E-state index in [4.69, 9.17) is 0 Å². The second-order valence-electron chi connectivity index (χ2n) is 3.92. The van der Waals surface area contributed by atoms with Gasteiger partial charge in [0, 0.05) is 9.79 Å². The normalized spacial score (nSPS) is 10.4. The van der Waals surface area contributed by atoms with Gasteiger partial charge in [0.1, 0.15) is 0 Å². The van der Waals surface area contributed by atoms with Gasteiger partial charge < -0.3 is 0 Å². The van der Waals surface area contributed by atoms with Crippen molar-refractivity contribution >= 4 is 11.8 Å². The van der Waals surface area contributed by atoms with Crippen molar-refractivity contribution in [2.24, 2.45) is 0 Å². The number of hydrogen-bond donors (Lipinski definition) is 0. The van der Waals surface area contributed by atoms with Gasteiger partial charge in [-0.3, -0.25) is 0 Å². The van der Waals surface area contributed by atoms with Crippen molar-refractivity contribution in [1.82, 2.24) is 0 Å². The second kappa shape index (κ2) is 5.22. The number of aryl methyl sites for hydroxylation is 2. The van der Waals surface area contributed by atoms with Gasteiger partial charge in [0.25, 0.3) is 0 Å². The summed E-state index contributed by atoms with van der Waals surface area (Å²) in [7, 11) is 0. The Balaban J connectivity index is 2.16. The first kappa shape index (κ1) is 11.3. The molecule has 0 aliphatic carbocycles. The molecule has 0 saturated heterocycles. The molecule has 2 rings (SSSR count). The predicted molar refractivity (Wildman–Crippen MR) is 71.1 cm³/mol. The zero-order valence-corrected chi connectivity index (χ0v) is 10.6. The van der Waals surface area contributed by atoms with E-state index in [9.17, 15) is 0 Å². The molecule has 0 unspecified atom stereocenters. The highest BCUT2D eigenvalue weighted by Gasteiger charge is 1.98. The summed E-state index contributed by atoms with van der Waals surface area (Å²) in [6.07, 6.45) is 1.10. The van der Waals surface area contributed by atoms with Crippen LogP contribution in [0, 0.1) is 6.92 Å². The molecule has 0 aromatic heterocycles. The fourth-order valence-electron chi connectivity index (χ4n) is 1.57. The van der Waals surface area contributed by atoms with Crippen LogP contribution in [-0.2, 0) is 6.42 Å². The zero-order valence-electron chi connectivity index (χ0n) is 9.73. The van der Waals surface area contributed by atoms with Crippen LogP contribution in [0.3, 0.4) is 0 Å². The van der Waals surface area contributed by atoms with Crippen molar-refractivity contribution in [1.29, 1.82) is 0 Å². The molecule has 1 heteroatoms. The van der Waals surface area contributed by atoms with Crippen LogP contribution in [0.5, 0.6) is 0 Å². The van der Waals surface area contributed by atoms with Crippen LogP contribution in [-0.4, -0.2) is 0 Å². The molecule has 2 aromatic carbocycles. The average Bonchev–Trinajstić information content (AvgIpc) is 2.32. The molecule has 0 aliphatic heterocycles. The molecule has 2 aromatic rings. The van der Waals surface area contributed by atoms with E-state index in [0.29, 0.717) is 0 Å². The van der Waals surface area contributed by atoms with Crippen molar-refractivity contribution in [3.8, 4) is 0 Å². The molecule has 0 radical (unpaired) electrons. The summed E-state index contributed by atoms with van der Waals surface area (Å²) < 4.78 is 0. The maximum Gasteiger partial charge on any atom is 0.0125 e. The fourth-order valence-corrected chi connectivity index (χ4v) is 2.47. The smallest absolute Gasteiger partial charge is 0.0125 e. The van der Waals surface area contributed by atoms with E-state index < -0.39 is 0 Å². The average molecular weight is 228 g/mol. The Bertz CT molecular complexity index is 457. The first-order chi connectivity index (χ1) is 7.78. The van der Waals surface area contributed by atoms with Crippen molar-refractivity contribution in [3.05, 3.63) is 59.7 Å². The van der Waals surface area contributed by atoms with Gasteiger partial charge in [0.05, 0.1) is 0 Å². The van der Waals surface area contributed by atoms with Crippen LogP contribution in [0.15, 0.2) is 58.3 Å². The molecular weight excluding hydrogens is 212 g/mol. The summed E-state index contributed by atoms with van der Waals surface area (Å²) in [5.74, 6) is 0. The Labute approximate surface area is 102 Å². The summed E-state index contributed by atoms with van der Waals surface area (Å²) in [5, 5.41) is 0. The Morgan fingerprint density at radius 1 is 0.938 bits per heavy atom. The van der Waals surface area contributed by atoms with Gasteiger partial charge in [0.15, 0.2) is 0 Å². The molecule has 0 bridgehead atoms. The molecule has 0 fully saturated rings. The van der Waals surface area contributed by atoms with Crippen LogP contribution in [0.2, 0.25) is 0 Å². The summed E-state index contributed by atoms with van der Waals surface area (Å²) in [5.41, 5.74) is 2.71. The van der Waals surface area contributed by atoms with Crippen molar-refractivity contribution in [3.63, 3.8) is 0 Å². The summed E-state index contributed by atoms with van der Waals surface area (Å²) in [4.78, 5) is 2.63. The van der Waals surface area contributed by atoms with Crippen LogP contribution in [0.4, 0.5) is 0 Å². The molecular formula is C15H16S. The van der Waals surface area contributed by atoms with Crippen LogP contribution >= 0.6 is 11.8 Å². The molecule has 0 N–H and O–H groups in total. The quantitative estimate of drug-likeness (QED) is 0.733. The topological polar surface area (TPSA) is 0 Å². The van der Waals surface area contributed by atoms with Gasteiger partial charge in [-0.25, -0.2) is 0 Å². The molecule has 0 atom stereocenters. The number of hydrogen-bond acceptors (Lipinski definition) is 1. The first-order valence-corrected chi connectivity index (χ1v) is 6.43. The highest BCUT2D eigenvalue weighted by atomic mass is 32.2. The molecule has 0 amide bonds. The van der Waals surface area contributed by atoms with Crippen LogP contribution < -0.4 is 0 Å². The molecule has 0 saturated carbocycles. The summed E-state index contributed by atoms with van der Waals surface area (Å²) >= 11 is 1.83. The van der Waals surface area contributed by atoms with Crippen LogP contribution in [0.25, 0.3) is 0 Å². The second-order valence-corrected chi connectivity index (χ2v) is 5.06. The minimum absolute atomic E-state index is 1.10. The third kappa shape index (κ3) is 2.89. The zero-order chi connectivity index (χ0) is 11.4. The highest BCUT2D eigenvalue weighted by Crippen LogP contribution is 2.28. The monoisotopic (exact) mass is 228 g/mol. The maximum absolute atomic E-state index is 2.27. The van der Waals surface area contributed by atoms with Crippen molar-refractivity contribution in [2.75, 3.05) is 0 Å². The van der Waals surface area contributed by atoms with Gasteiger partial charge in [0.2, 0.25) is 0 Å². The number of benzene rings is 2. The lowest BCUT2D eigenvalue weighted by Crippen LogP contribution is -1.80. The van der Waals surface area contributed by atoms with E-state index in [-0.39, 0.29) is 0 Å². The molecule has 0 heterocycles. The third-order valence-electron chi connectivity index (χ3n) is 2.56. The van der Waals surface area contributed by atoms with E-state index in [1.807, 2.05) is 11.8 Å². The third-order valence-corrected chi connectivity index (χ3v) is 3.56. The van der Waals surface area contributed by atoms with E-state index in [1.165, 1.54) is 20.9 Å². The summed E-state index contributed by atoms with van der Waals surface area (Å²) in [6.45, 7) is 4.31. The van der Waals surface area contributed by atoms with Crippen molar-refractivity contribution < 1.29 is 0 Å². The Kier molecular flexibility index (Phi) is 3.68. The minimum Gasteiger partial charge on any atom is -0.0901 e. The molecule has 0 spiro atoms. The fraction of sp³-hybridized carbons (Fsp3) is 0.200. The Hall–Kier alpha value is -1.21. The Morgan fingerprint density at radius 3 is 2.38 bits per heavy atom. The van der Waals surface area contributed by atoms with E-state index in [1.54, 1.807) is 0 Å². The molecule has 0 nitrogen and oxygen atoms in total. The molecule has 16 heavy (non-hydrogen) atoms. The van der Waals surface area contributed by atoms with E-state index >= 15 is 0 Å². The first-order valence-electron chi connectivity index (χ1n) is 5.61. The minimum atomic E-state index is 1.10. The van der Waals surface area contributed by atoms with Gasteiger partial charge in [-0.1, -0.05) is 48.5 Å². The molecule has 82 valence electrons. The Morgan fingerprint density at radius 2 is 1.69 bits per heavy atom. The van der Waals surface area contributed by atoms with Gasteiger partial charge in [-0.05, 0) is 43.2 Å². The predicted octanol–water partition coefficient (Wildman–Crippen LogP) is 4.71. The van der Waals surface area contributed by atoms with Crippen molar-refractivity contribution in [2.45, 2.75) is 30.1 Å². The van der Waals surface area contributed by atoms with Crippen LogP contribution in [0.1, 0.15) is 18.1 Å². The summed E-state index contributed by atoms with van der Waals surface area (Å²) in [6, 6.07) is 17.4. The highest BCUT2D eigenvalue weighted by molar-refractivity contribution is 7.99.